The van der Waals surface area contributed by atoms with Crippen molar-refractivity contribution in [1.29, 1.82) is 0 Å². The number of anilines is 1. The van der Waals surface area contributed by atoms with Crippen molar-refractivity contribution in [3.05, 3.63) is 60.2 Å². The average Bonchev–Trinajstić information content (AvgIpc) is 3.48. The van der Waals surface area contributed by atoms with Crippen LogP contribution in [-0.2, 0) is 4.79 Å². The van der Waals surface area contributed by atoms with Gasteiger partial charge in [-0.25, -0.2) is 4.68 Å². The number of carbonyl (C=O) groups excluding carboxylic acids is 2. The number of tetrazole rings is 1. The molecule has 8 heteroatoms. The van der Waals surface area contributed by atoms with E-state index in [9.17, 15) is 9.59 Å². The summed E-state index contributed by atoms with van der Waals surface area (Å²) >= 11 is 0. The molecule has 0 spiro atoms. The molecule has 4 rings (SSSR count). The minimum atomic E-state index is -0.130. The number of carbonyl (C=O) groups is 2. The zero-order chi connectivity index (χ0) is 20.1. The second-order valence-electron chi connectivity index (χ2n) is 7.03. The first-order valence-corrected chi connectivity index (χ1v) is 9.72. The lowest BCUT2D eigenvalue weighted by molar-refractivity contribution is -0.116. The summed E-state index contributed by atoms with van der Waals surface area (Å²) in [7, 11) is 0. The van der Waals surface area contributed by atoms with Gasteiger partial charge in [-0.2, -0.15) is 0 Å². The summed E-state index contributed by atoms with van der Waals surface area (Å²) in [5.41, 5.74) is 2.26. The number of amides is 2. The fourth-order valence-electron chi connectivity index (χ4n) is 3.02. The molecule has 1 heterocycles. The summed E-state index contributed by atoms with van der Waals surface area (Å²) in [6.07, 6.45) is 3.12. The fourth-order valence-corrected chi connectivity index (χ4v) is 3.02. The number of rotatable bonds is 8. The van der Waals surface area contributed by atoms with Crippen molar-refractivity contribution >= 4 is 17.5 Å². The normalized spacial score (nSPS) is 13.1. The van der Waals surface area contributed by atoms with E-state index in [1.807, 2.05) is 47.1 Å². The molecule has 2 amide bonds. The third kappa shape index (κ3) is 4.84. The molecule has 0 aliphatic heterocycles. The van der Waals surface area contributed by atoms with E-state index in [0.29, 0.717) is 31.0 Å². The first kappa shape index (κ1) is 18.8. The van der Waals surface area contributed by atoms with Crippen LogP contribution in [0.5, 0.6) is 0 Å². The number of hydrogen-bond donors (Lipinski definition) is 2. The van der Waals surface area contributed by atoms with Crippen LogP contribution in [-0.4, -0.2) is 38.6 Å². The van der Waals surface area contributed by atoms with Crippen LogP contribution in [0.2, 0.25) is 0 Å². The van der Waals surface area contributed by atoms with E-state index in [2.05, 4.69) is 26.2 Å². The molecule has 2 aromatic carbocycles. The predicted molar refractivity (Wildman–Crippen MR) is 108 cm³/mol. The van der Waals surface area contributed by atoms with Gasteiger partial charge in [0.15, 0.2) is 5.82 Å². The molecule has 0 atom stereocenters. The highest BCUT2D eigenvalue weighted by atomic mass is 16.2. The van der Waals surface area contributed by atoms with Crippen LogP contribution in [0.1, 0.15) is 42.1 Å². The maximum Gasteiger partial charge on any atom is 0.251 e. The Morgan fingerprint density at radius 3 is 2.52 bits per heavy atom. The van der Waals surface area contributed by atoms with E-state index < -0.39 is 0 Å². The van der Waals surface area contributed by atoms with Gasteiger partial charge in [0.05, 0.1) is 6.04 Å². The van der Waals surface area contributed by atoms with Gasteiger partial charge in [0, 0.05) is 29.8 Å². The molecule has 3 aromatic rings. The molecule has 1 fully saturated rings. The SMILES string of the molecule is O=C(CCCNC(=O)c1ccccc1)Nc1ccc(-c2nnnn2C2CC2)cc1. The van der Waals surface area contributed by atoms with Crippen molar-refractivity contribution in [1.82, 2.24) is 25.5 Å². The minimum Gasteiger partial charge on any atom is -0.352 e. The van der Waals surface area contributed by atoms with Gasteiger partial charge in [0.2, 0.25) is 5.91 Å². The number of nitrogens with zero attached hydrogens (tertiary/aromatic N) is 4. The maximum absolute atomic E-state index is 12.1. The van der Waals surface area contributed by atoms with Crippen molar-refractivity contribution in [3.8, 4) is 11.4 Å². The van der Waals surface area contributed by atoms with Crippen molar-refractivity contribution in [2.24, 2.45) is 0 Å². The Bertz CT molecular complexity index is 980. The molecule has 0 saturated heterocycles. The zero-order valence-electron chi connectivity index (χ0n) is 15.9. The Labute approximate surface area is 168 Å². The molecule has 1 aliphatic rings. The maximum atomic E-state index is 12.1. The van der Waals surface area contributed by atoms with E-state index in [1.54, 1.807) is 12.1 Å². The molecule has 148 valence electrons. The first-order valence-electron chi connectivity index (χ1n) is 9.72. The molecule has 2 N–H and O–H groups in total. The minimum absolute atomic E-state index is 0.0884. The Morgan fingerprint density at radius 1 is 1.03 bits per heavy atom. The van der Waals surface area contributed by atoms with E-state index in [0.717, 1.165) is 29.9 Å². The fraction of sp³-hybridized carbons (Fsp3) is 0.286. The number of hydrogen-bond acceptors (Lipinski definition) is 5. The topological polar surface area (TPSA) is 102 Å². The Hall–Kier alpha value is -3.55. The van der Waals surface area contributed by atoms with Crippen molar-refractivity contribution in [2.75, 3.05) is 11.9 Å². The molecular formula is C21H22N6O2. The molecule has 1 saturated carbocycles. The Kier molecular flexibility index (Phi) is 5.60. The molecule has 29 heavy (non-hydrogen) atoms. The van der Waals surface area contributed by atoms with E-state index in [4.69, 9.17) is 0 Å². The molecule has 0 radical (unpaired) electrons. The first-order chi connectivity index (χ1) is 14.2. The van der Waals surface area contributed by atoms with Gasteiger partial charge in [-0.1, -0.05) is 18.2 Å². The summed E-state index contributed by atoms with van der Waals surface area (Å²) in [6, 6.07) is 16.9. The monoisotopic (exact) mass is 390 g/mol. The van der Waals surface area contributed by atoms with Gasteiger partial charge in [0.1, 0.15) is 0 Å². The molecule has 0 bridgehead atoms. The quantitative estimate of drug-likeness (QED) is 0.576. The van der Waals surface area contributed by atoms with Crippen LogP contribution in [0, 0.1) is 0 Å². The molecule has 1 aromatic heterocycles. The van der Waals surface area contributed by atoms with Crippen molar-refractivity contribution < 1.29 is 9.59 Å². The second kappa shape index (κ2) is 8.64. The number of nitrogens with one attached hydrogen (secondary N) is 2. The summed E-state index contributed by atoms with van der Waals surface area (Å²) in [6.45, 7) is 0.448. The van der Waals surface area contributed by atoms with Gasteiger partial charge >= 0.3 is 0 Å². The molecule has 1 aliphatic carbocycles. The number of aromatic nitrogens is 4. The van der Waals surface area contributed by atoms with Gasteiger partial charge in [0.25, 0.3) is 5.91 Å². The van der Waals surface area contributed by atoms with Crippen LogP contribution < -0.4 is 10.6 Å². The molecule has 0 unspecified atom stereocenters. The zero-order valence-corrected chi connectivity index (χ0v) is 15.9. The van der Waals surface area contributed by atoms with Crippen LogP contribution in [0.25, 0.3) is 11.4 Å². The van der Waals surface area contributed by atoms with E-state index >= 15 is 0 Å². The smallest absolute Gasteiger partial charge is 0.251 e. The highest BCUT2D eigenvalue weighted by Crippen LogP contribution is 2.36. The van der Waals surface area contributed by atoms with Crippen LogP contribution in [0.15, 0.2) is 54.6 Å². The standard InChI is InChI=1S/C21H22N6O2/c28-19(7-4-14-22-21(29)16-5-2-1-3-6-16)23-17-10-8-15(9-11-17)20-24-25-26-27(20)18-12-13-18/h1-3,5-6,8-11,18H,4,7,12-14H2,(H,22,29)(H,23,28). The van der Waals surface area contributed by atoms with E-state index in [1.165, 1.54) is 0 Å². The van der Waals surface area contributed by atoms with Gasteiger partial charge < -0.3 is 10.6 Å². The van der Waals surface area contributed by atoms with Crippen LogP contribution >= 0.6 is 0 Å². The average molecular weight is 390 g/mol. The predicted octanol–water partition coefficient (Wildman–Crippen LogP) is 2.82. The van der Waals surface area contributed by atoms with E-state index in [-0.39, 0.29) is 11.8 Å². The number of benzene rings is 2. The van der Waals surface area contributed by atoms with Gasteiger partial charge in [-0.15, -0.1) is 5.10 Å². The Balaban J connectivity index is 1.22. The summed E-state index contributed by atoms with van der Waals surface area (Å²) in [4.78, 5) is 24.1. The van der Waals surface area contributed by atoms with Crippen molar-refractivity contribution in [3.63, 3.8) is 0 Å². The largest absolute Gasteiger partial charge is 0.352 e. The molecular weight excluding hydrogens is 368 g/mol. The lowest BCUT2D eigenvalue weighted by Gasteiger charge is -2.08. The third-order valence-corrected chi connectivity index (χ3v) is 4.71. The highest BCUT2D eigenvalue weighted by molar-refractivity contribution is 5.94. The summed E-state index contributed by atoms with van der Waals surface area (Å²) in [5.74, 6) is 0.532. The third-order valence-electron chi connectivity index (χ3n) is 4.71. The van der Waals surface area contributed by atoms with Crippen LogP contribution in [0.3, 0.4) is 0 Å². The highest BCUT2D eigenvalue weighted by Gasteiger charge is 2.28. The molecule has 8 nitrogen and oxygen atoms in total. The van der Waals surface area contributed by atoms with Crippen molar-refractivity contribution in [2.45, 2.75) is 31.7 Å². The summed E-state index contributed by atoms with van der Waals surface area (Å²) < 4.78 is 1.86. The summed E-state index contributed by atoms with van der Waals surface area (Å²) in [5, 5.41) is 17.6. The lowest BCUT2D eigenvalue weighted by atomic mass is 10.2. The van der Waals surface area contributed by atoms with Gasteiger partial charge in [-0.05, 0) is 66.1 Å². The van der Waals surface area contributed by atoms with Crippen LogP contribution in [0.4, 0.5) is 5.69 Å². The lowest BCUT2D eigenvalue weighted by Crippen LogP contribution is -2.25. The Morgan fingerprint density at radius 2 is 1.79 bits per heavy atom. The van der Waals surface area contributed by atoms with Gasteiger partial charge in [-0.3, -0.25) is 9.59 Å². The second-order valence-corrected chi connectivity index (χ2v) is 7.03.